The van der Waals surface area contributed by atoms with Crippen LogP contribution in [0.15, 0.2) is 60.9 Å². The molecule has 2 aromatic carbocycles. The van der Waals surface area contributed by atoms with Gasteiger partial charge in [0.05, 0.1) is 12.7 Å². The normalized spacial score (nSPS) is 10.4. The number of carbonyl (C=O) groups excluding carboxylic acids is 1. The van der Waals surface area contributed by atoms with Gasteiger partial charge in [-0.25, -0.2) is 9.97 Å². The molecule has 2 N–H and O–H groups in total. The molecule has 0 saturated heterocycles. The maximum Gasteiger partial charge on any atom is 0.254 e. The molecule has 144 valence electrons. The van der Waals surface area contributed by atoms with Gasteiger partial charge in [0.15, 0.2) is 0 Å². The first-order chi connectivity index (χ1) is 13.7. The van der Waals surface area contributed by atoms with Gasteiger partial charge in [0.2, 0.25) is 5.95 Å². The number of nitrogens with one attached hydrogen (secondary N) is 2. The van der Waals surface area contributed by atoms with Gasteiger partial charge in [-0.15, -0.1) is 0 Å². The molecule has 0 fully saturated rings. The summed E-state index contributed by atoms with van der Waals surface area (Å²) in [6.07, 6.45) is 3.81. The number of nitrogens with zero attached hydrogens (tertiary/aromatic N) is 2. The lowest BCUT2D eigenvalue weighted by Gasteiger charge is -2.08. The van der Waals surface area contributed by atoms with E-state index in [-0.39, 0.29) is 5.91 Å². The number of hydrogen-bond acceptors (Lipinski definition) is 5. The second-order valence-electron chi connectivity index (χ2n) is 6.10. The molecule has 1 heterocycles. The molecule has 1 amide bonds. The average molecular weight is 397 g/mol. The molecule has 6 nitrogen and oxygen atoms in total. The van der Waals surface area contributed by atoms with E-state index in [0.29, 0.717) is 29.6 Å². The van der Waals surface area contributed by atoms with E-state index in [1.54, 1.807) is 13.2 Å². The van der Waals surface area contributed by atoms with E-state index in [2.05, 4.69) is 20.6 Å². The van der Waals surface area contributed by atoms with Crippen molar-refractivity contribution in [1.29, 1.82) is 0 Å². The van der Waals surface area contributed by atoms with Gasteiger partial charge in [0, 0.05) is 30.5 Å². The Morgan fingerprint density at radius 1 is 1.11 bits per heavy atom. The summed E-state index contributed by atoms with van der Waals surface area (Å²) in [5.41, 5.74) is 2.40. The number of aromatic nitrogens is 2. The number of ether oxygens (including phenoxy) is 1. The summed E-state index contributed by atoms with van der Waals surface area (Å²) in [5.74, 6) is 1.06. The van der Waals surface area contributed by atoms with E-state index in [9.17, 15) is 4.79 Å². The molecule has 0 radical (unpaired) electrons. The number of methoxy groups -OCH3 is 1. The SMILES string of the molecule is COc1cccc(CCNc2ncc(C(=O)NCc3ccccc3Cl)cn2)c1. The van der Waals surface area contributed by atoms with Gasteiger partial charge < -0.3 is 15.4 Å². The number of rotatable bonds is 8. The highest BCUT2D eigenvalue weighted by molar-refractivity contribution is 6.31. The fourth-order valence-corrected chi connectivity index (χ4v) is 2.81. The molecule has 0 unspecified atom stereocenters. The van der Waals surface area contributed by atoms with E-state index in [1.807, 2.05) is 42.5 Å². The monoisotopic (exact) mass is 396 g/mol. The third-order valence-electron chi connectivity index (χ3n) is 4.14. The molecule has 0 aliphatic carbocycles. The maximum atomic E-state index is 12.2. The van der Waals surface area contributed by atoms with Gasteiger partial charge in [-0.2, -0.15) is 0 Å². The van der Waals surface area contributed by atoms with Crippen molar-refractivity contribution in [3.05, 3.63) is 82.6 Å². The first kappa shape index (κ1) is 19.6. The fraction of sp³-hybridized carbons (Fsp3) is 0.190. The van der Waals surface area contributed by atoms with Crippen LogP contribution in [-0.2, 0) is 13.0 Å². The van der Waals surface area contributed by atoms with Crippen LogP contribution in [0.1, 0.15) is 21.5 Å². The minimum atomic E-state index is -0.247. The average Bonchev–Trinajstić information content (AvgIpc) is 2.73. The predicted octanol–water partition coefficient (Wildman–Crippen LogP) is 3.72. The summed E-state index contributed by atoms with van der Waals surface area (Å²) in [4.78, 5) is 20.6. The third-order valence-corrected chi connectivity index (χ3v) is 4.51. The molecular weight excluding hydrogens is 376 g/mol. The van der Waals surface area contributed by atoms with Crippen molar-refractivity contribution in [3.8, 4) is 5.75 Å². The van der Waals surface area contributed by atoms with Crippen LogP contribution in [0.25, 0.3) is 0 Å². The van der Waals surface area contributed by atoms with Gasteiger partial charge in [-0.05, 0) is 35.7 Å². The first-order valence-corrected chi connectivity index (χ1v) is 9.24. The van der Waals surface area contributed by atoms with Crippen molar-refractivity contribution >= 4 is 23.5 Å². The summed E-state index contributed by atoms with van der Waals surface area (Å²) >= 11 is 6.09. The topological polar surface area (TPSA) is 76.1 Å². The van der Waals surface area contributed by atoms with Gasteiger partial charge in [0.1, 0.15) is 5.75 Å². The number of benzene rings is 2. The highest BCUT2D eigenvalue weighted by Gasteiger charge is 2.08. The van der Waals surface area contributed by atoms with E-state index in [0.717, 1.165) is 23.3 Å². The highest BCUT2D eigenvalue weighted by atomic mass is 35.5. The second kappa shape index (κ2) is 9.71. The second-order valence-corrected chi connectivity index (χ2v) is 6.50. The molecule has 0 saturated carbocycles. The van der Waals surface area contributed by atoms with Crippen LogP contribution in [0, 0.1) is 0 Å². The van der Waals surface area contributed by atoms with E-state index in [1.165, 1.54) is 12.4 Å². The highest BCUT2D eigenvalue weighted by Crippen LogP contribution is 2.15. The molecular formula is C21H21ClN4O2. The van der Waals surface area contributed by atoms with Crippen LogP contribution in [0.2, 0.25) is 5.02 Å². The number of halogens is 1. The van der Waals surface area contributed by atoms with Gasteiger partial charge in [-0.3, -0.25) is 4.79 Å². The summed E-state index contributed by atoms with van der Waals surface area (Å²) < 4.78 is 5.22. The quantitative estimate of drug-likeness (QED) is 0.606. The number of hydrogen-bond donors (Lipinski definition) is 2. The summed E-state index contributed by atoms with van der Waals surface area (Å²) in [6, 6.07) is 15.3. The summed E-state index contributed by atoms with van der Waals surface area (Å²) in [5, 5.41) is 6.59. The van der Waals surface area contributed by atoms with Crippen LogP contribution in [0.3, 0.4) is 0 Å². The third kappa shape index (κ3) is 5.44. The van der Waals surface area contributed by atoms with Crippen molar-refractivity contribution in [1.82, 2.24) is 15.3 Å². The van der Waals surface area contributed by atoms with Crippen molar-refractivity contribution in [2.24, 2.45) is 0 Å². The molecule has 7 heteroatoms. The standard InChI is InChI=1S/C21H21ClN4O2/c1-28-18-7-4-5-15(11-18)9-10-23-21-25-13-17(14-26-21)20(27)24-12-16-6-2-3-8-19(16)22/h2-8,11,13-14H,9-10,12H2,1H3,(H,24,27)(H,23,25,26). The minimum absolute atomic E-state index is 0.247. The van der Waals surface area contributed by atoms with Crippen LogP contribution < -0.4 is 15.4 Å². The molecule has 0 aliphatic heterocycles. The summed E-state index contributed by atoms with van der Waals surface area (Å²) in [6.45, 7) is 1.02. The number of anilines is 1. The molecule has 3 aromatic rings. The first-order valence-electron chi connectivity index (χ1n) is 8.86. The number of carbonyl (C=O) groups is 1. The van der Waals surface area contributed by atoms with Crippen LogP contribution >= 0.6 is 11.6 Å². The van der Waals surface area contributed by atoms with E-state index >= 15 is 0 Å². The zero-order valence-electron chi connectivity index (χ0n) is 15.5. The van der Waals surface area contributed by atoms with Crippen molar-refractivity contribution in [3.63, 3.8) is 0 Å². The Balaban J connectivity index is 1.48. The summed E-state index contributed by atoms with van der Waals surface area (Å²) in [7, 11) is 1.65. The minimum Gasteiger partial charge on any atom is -0.497 e. The maximum absolute atomic E-state index is 12.2. The largest absolute Gasteiger partial charge is 0.497 e. The van der Waals surface area contributed by atoms with Crippen LogP contribution in [0.4, 0.5) is 5.95 Å². The smallest absolute Gasteiger partial charge is 0.254 e. The fourth-order valence-electron chi connectivity index (χ4n) is 2.60. The Labute approximate surface area is 168 Å². The predicted molar refractivity (Wildman–Crippen MR) is 110 cm³/mol. The zero-order chi connectivity index (χ0) is 19.8. The molecule has 28 heavy (non-hydrogen) atoms. The molecule has 0 spiro atoms. The molecule has 0 bridgehead atoms. The Bertz CT molecular complexity index is 932. The Morgan fingerprint density at radius 2 is 1.89 bits per heavy atom. The van der Waals surface area contributed by atoms with Gasteiger partial charge in [0.25, 0.3) is 5.91 Å². The van der Waals surface area contributed by atoms with Gasteiger partial charge in [-0.1, -0.05) is 41.9 Å². The Hall–Kier alpha value is -3.12. The zero-order valence-corrected chi connectivity index (χ0v) is 16.2. The lowest BCUT2D eigenvalue weighted by atomic mass is 10.1. The number of amides is 1. The molecule has 3 rings (SSSR count). The van der Waals surface area contributed by atoms with Crippen LogP contribution in [0.5, 0.6) is 5.75 Å². The van der Waals surface area contributed by atoms with E-state index in [4.69, 9.17) is 16.3 Å². The van der Waals surface area contributed by atoms with Crippen molar-refractivity contribution < 1.29 is 9.53 Å². The molecule has 0 aliphatic rings. The van der Waals surface area contributed by atoms with E-state index < -0.39 is 0 Å². The Kier molecular flexibility index (Phi) is 6.81. The van der Waals surface area contributed by atoms with Gasteiger partial charge >= 0.3 is 0 Å². The molecule has 0 atom stereocenters. The Morgan fingerprint density at radius 3 is 2.64 bits per heavy atom. The lowest BCUT2D eigenvalue weighted by molar-refractivity contribution is 0.0950. The van der Waals surface area contributed by atoms with Crippen molar-refractivity contribution in [2.75, 3.05) is 19.0 Å². The lowest BCUT2D eigenvalue weighted by Crippen LogP contribution is -2.23. The van der Waals surface area contributed by atoms with Crippen LogP contribution in [-0.4, -0.2) is 29.5 Å². The molecule has 1 aromatic heterocycles. The van der Waals surface area contributed by atoms with Crippen molar-refractivity contribution in [2.45, 2.75) is 13.0 Å².